The Hall–Kier alpha value is -3.84. The second kappa shape index (κ2) is 9.19. The number of carbonyl (C=O) groups is 2. The summed E-state index contributed by atoms with van der Waals surface area (Å²) in [5.41, 5.74) is 4.75. The molecule has 2 aliphatic heterocycles. The summed E-state index contributed by atoms with van der Waals surface area (Å²) in [7, 11) is 0. The van der Waals surface area contributed by atoms with E-state index in [1.54, 1.807) is 6.08 Å². The molecular formula is C27H22FN3O2S. The zero-order chi connectivity index (χ0) is 23.7. The summed E-state index contributed by atoms with van der Waals surface area (Å²) in [5, 5.41) is 2.54. The van der Waals surface area contributed by atoms with E-state index in [2.05, 4.69) is 28.4 Å². The summed E-state index contributed by atoms with van der Waals surface area (Å²) >= 11 is 5.21. The molecule has 170 valence electrons. The molecule has 0 saturated carbocycles. The van der Waals surface area contributed by atoms with E-state index >= 15 is 0 Å². The van der Waals surface area contributed by atoms with E-state index < -0.39 is 17.6 Å². The van der Waals surface area contributed by atoms with Gasteiger partial charge in [-0.25, -0.2) is 4.39 Å². The summed E-state index contributed by atoms with van der Waals surface area (Å²) in [6.45, 7) is 1.81. The second-order valence-corrected chi connectivity index (χ2v) is 8.72. The first-order valence-corrected chi connectivity index (χ1v) is 11.5. The number of anilines is 2. The van der Waals surface area contributed by atoms with Crippen LogP contribution in [0.4, 0.5) is 15.8 Å². The molecule has 0 radical (unpaired) electrons. The van der Waals surface area contributed by atoms with Gasteiger partial charge in [-0.2, -0.15) is 0 Å². The molecular weight excluding hydrogens is 449 g/mol. The molecule has 5 rings (SSSR count). The lowest BCUT2D eigenvalue weighted by atomic mass is 9.97. The highest BCUT2D eigenvalue weighted by molar-refractivity contribution is 7.80. The molecule has 1 N–H and O–H groups in total. The fourth-order valence-corrected chi connectivity index (χ4v) is 4.68. The molecule has 0 aromatic heterocycles. The van der Waals surface area contributed by atoms with Crippen LogP contribution in [0.1, 0.15) is 23.1 Å². The van der Waals surface area contributed by atoms with Crippen molar-refractivity contribution in [2.45, 2.75) is 19.4 Å². The third kappa shape index (κ3) is 4.34. The van der Waals surface area contributed by atoms with Gasteiger partial charge >= 0.3 is 0 Å². The largest absolute Gasteiger partial charge is 0.367 e. The predicted octanol–water partition coefficient (Wildman–Crippen LogP) is 4.61. The van der Waals surface area contributed by atoms with Gasteiger partial charge in [-0.1, -0.05) is 36.4 Å². The highest BCUT2D eigenvalue weighted by Crippen LogP contribution is 2.30. The number of hydrogen-bond donors (Lipinski definition) is 1. The zero-order valence-corrected chi connectivity index (χ0v) is 19.1. The quantitative estimate of drug-likeness (QED) is 0.343. The molecule has 2 amide bonds. The third-order valence-corrected chi connectivity index (χ3v) is 6.32. The van der Waals surface area contributed by atoms with E-state index in [9.17, 15) is 14.0 Å². The van der Waals surface area contributed by atoms with Crippen molar-refractivity contribution < 1.29 is 14.0 Å². The summed E-state index contributed by atoms with van der Waals surface area (Å²) < 4.78 is 13.3. The minimum atomic E-state index is -0.545. The van der Waals surface area contributed by atoms with Crippen molar-refractivity contribution in [3.05, 3.63) is 101 Å². The number of hydrogen-bond acceptors (Lipinski definition) is 4. The Morgan fingerprint density at radius 3 is 2.53 bits per heavy atom. The molecule has 0 aliphatic carbocycles. The van der Waals surface area contributed by atoms with Gasteiger partial charge in [0.05, 0.1) is 5.69 Å². The first kappa shape index (κ1) is 22.0. The minimum Gasteiger partial charge on any atom is -0.367 e. The van der Waals surface area contributed by atoms with Gasteiger partial charge in [-0.15, -0.1) is 0 Å². The molecule has 0 spiro atoms. The number of rotatable bonds is 4. The van der Waals surface area contributed by atoms with Crippen molar-refractivity contribution in [3.63, 3.8) is 0 Å². The molecule has 34 heavy (non-hydrogen) atoms. The standard InChI is InChI=1S/C27H22FN3O2S/c28-21-9-11-22(12-10-21)31-26(33)23(25(32)29-27(31)34)16-19-8-13-24-20(15-19)7-4-14-30(24)17-18-5-2-1-3-6-18/h1-3,5-6,8-13,15-16H,4,7,14,17H2,(H,29,32,34)/b23-16+. The van der Waals surface area contributed by atoms with Gasteiger partial charge in [-0.3, -0.25) is 19.8 Å². The Morgan fingerprint density at radius 2 is 1.76 bits per heavy atom. The molecule has 2 aliphatic rings. The number of benzene rings is 3. The van der Waals surface area contributed by atoms with Gasteiger partial charge in [0.2, 0.25) is 0 Å². The van der Waals surface area contributed by atoms with Crippen LogP contribution in [0.2, 0.25) is 0 Å². The number of carbonyl (C=O) groups excluding carboxylic acids is 2. The molecule has 3 aromatic carbocycles. The van der Waals surface area contributed by atoms with Crippen LogP contribution in [0.3, 0.4) is 0 Å². The van der Waals surface area contributed by atoms with E-state index in [-0.39, 0.29) is 10.7 Å². The molecule has 2 heterocycles. The lowest BCUT2D eigenvalue weighted by Gasteiger charge is -2.32. The van der Waals surface area contributed by atoms with E-state index in [4.69, 9.17) is 12.2 Å². The minimum absolute atomic E-state index is 0.0187. The van der Waals surface area contributed by atoms with Crippen molar-refractivity contribution in [2.75, 3.05) is 16.3 Å². The van der Waals surface area contributed by atoms with Crippen molar-refractivity contribution in [2.24, 2.45) is 0 Å². The lowest BCUT2D eigenvalue weighted by molar-refractivity contribution is -0.122. The maximum absolute atomic E-state index is 13.3. The molecule has 0 unspecified atom stereocenters. The van der Waals surface area contributed by atoms with Gasteiger partial charge in [0.15, 0.2) is 5.11 Å². The summed E-state index contributed by atoms with van der Waals surface area (Å²) in [6, 6.07) is 21.8. The Bertz CT molecular complexity index is 1310. The summed E-state index contributed by atoms with van der Waals surface area (Å²) in [6.07, 6.45) is 3.56. The molecule has 1 saturated heterocycles. The fourth-order valence-electron chi connectivity index (χ4n) is 4.40. The SMILES string of the molecule is O=C1NC(=S)N(c2ccc(F)cc2)C(=O)/C1=C/c1ccc2c(c1)CCCN2Cc1ccccc1. The Kier molecular flexibility index (Phi) is 5.94. The van der Waals surface area contributed by atoms with Crippen molar-refractivity contribution in [1.82, 2.24) is 5.32 Å². The van der Waals surface area contributed by atoms with Crippen LogP contribution in [0, 0.1) is 5.82 Å². The number of thiocarbonyl (C=S) groups is 1. The topological polar surface area (TPSA) is 52.7 Å². The maximum Gasteiger partial charge on any atom is 0.270 e. The predicted molar refractivity (Wildman–Crippen MR) is 135 cm³/mol. The van der Waals surface area contributed by atoms with Gasteiger partial charge in [0.25, 0.3) is 11.8 Å². The fraction of sp³-hybridized carbons (Fsp3) is 0.148. The number of nitrogens with zero attached hydrogens (tertiary/aromatic N) is 2. The smallest absolute Gasteiger partial charge is 0.270 e. The molecule has 0 atom stereocenters. The molecule has 3 aromatic rings. The van der Waals surface area contributed by atoms with E-state index in [1.807, 2.05) is 30.3 Å². The van der Waals surface area contributed by atoms with Crippen LogP contribution in [0.25, 0.3) is 6.08 Å². The average molecular weight is 472 g/mol. The molecule has 1 fully saturated rings. The van der Waals surface area contributed by atoms with Crippen molar-refractivity contribution in [3.8, 4) is 0 Å². The van der Waals surface area contributed by atoms with Crippen LogP contribution in [0.15, 0.2) is 78.4 Å². The zero-order valence-electron chi connectivity index (χ0n) is 18.3. The van der Waals surface area contributed by atoms with Gasteiger partial charge in [0, 0.05) is 18.8 Å². The van der Waals surface area contributed by atoms with Crippen LogP contribution >= 0.6 is 12.2 Å². The number of halogens is 1. The lowest BCUT2D eigenvalue weighted by Crippen LogP contribution is -2.54. The summed E-state index contributed by atoms with van der Waals surface area (Å²) in [4.78, 5) is 29.4. The van der Waals surface area contributed by atoms with Gasteiger partial charge in [-0.05, 0) is 84.2 Å². The molecule has 7 heteroatoms. The number of nitrogens with one attached hydrogen (secondary N) is 1. The highest BCUT2D eigenvalue weighted by Gasteiger charge is 2.34. The Labute approximate surface area is 202 Å². The number of fused-ring (bicyclic) bond motifs is 1. The second-order valence-electron chi connectivity index (χ2n) is 8.33. The number of amides is 2. The first-order chi connectivity index (χ1) is 16.5. The first-order valence-electron chi connectivity index (χ1n) is 11.1. The normalized spacial score (nSPS) is 17.1. The highest BCUT2D eigenvalue weighted by atomic mass is 32.1. The Morgan fingerprint density at radius 1 is 1.00 bits per heavy atom. The van der Waals surface area contributed by atoms with E-state index in [0.29, 0.717) is 5.69 Å². The number of aryl methyl sites for hydroxylation is 1. The third-order valence-electron chi connectivity index (χ3n) is 6.03. The molecule has 5 nitrogen and oxygen atoms in total. The average Bonchev–Trinajstić information content (AvgIpc) is 2.83. The maximum atomic E-state index is 13.3. The van der Waals surface area contributed by atoms with Crippen LogP contribution in [0.5, 0.6) is 0 Å². The van der Waals surface area contributed by atoms with Crippen molar-refractivity contribution >= 4 is 46.6 Å². The van der Waals surface area contributed by atoms with Gasteiger partial charge in [0.1, 0.15) is 11.4 Å². The van der Waals surface area contributed by atoms with Crippen LogP contribution in [-0.2, 0) is 22.6 Å². The van der Waals surface area contributed by atoms with E-state index in [0.717, 1.165) is 31.5 Å². The van der Waals surface area contributed by atoms with E-state index in [1.165, 1.54) is 46.0 Å². The Balaban J connectivity index is 1.43. The van der Waals surface area contributed by atoms with Crippen molar-refractivity contribution in [1.29, 1.82) is 0 Å². The van der Waals surface area contributed by atoms with Gasteiger partial charge < -0.3 is 4.90 Å². The molecule has 0 bridgehead atoms. The van der Waals surface area contributed by atoms with Crippen LogP contribution in [-0.4, -0.2) is 23.5 Å². The van der Waals surface area contributed by atoms with Crippen LogP contribution < -0.4 is 15.1 Å². The monoisotopic (exact) mass is 471 g/mol. The summed E-state index contributed by atoms with van der Waals surface area (Å²) in [5.74, 6) is -1.50.